The molecule has 0 N–H and O–H groups in total. The second kappa shape index (κ2) is 9.72. The zero-order valence-corrected chi connectivity index (χ0v) is 11.4. The molecule has 1 rings (SSSR count). The molecule has 2 heteroatoms. The monoisotopic (exact) mass is 248 g/mol. The maximum absolute atomic E-state index is 5.74. The molecule has 0 aliphatic heterocycles. The van der Waals surface area contributed by atoms with Crippen LogP contribution in [-0.4, -0.2) is 19.8 Å². The van der Waals surface area contributed by atoms with Gasteiger partial charge in [0.2, 0.25) is 0 Å². The molecule has 0 amide bonds. The Kier molecular flexibility index (Phi) is 7.98. The summed E-state index contributed by atoms with van der Waals surface area (Å²) in [5.41, 5.74) is 1.06. The molecule has 0 bridgehead atoms. The largest absolute Gasteiger partial charge is 0.493 e. The van der Waals surface area contributed by atoms with Crippen LogP contribution in [0.3, 0.4) is 0 Å². The Balaban J connectivity index is 2.09. The standard InChI is InChI=1S/C16H24O2/c1-3-12-17-13-8-5-9-14-18-16-11-7-6-10-15(16)4-2/h4,6-7,10-11H,2-3,5,8-9,12-14H2,1H3. The number of unbranched alkanes of at least 4 members (excludes halogenated alkanes) is 2. The molecule has 0 aromatic heterocycles. The molecular weight excluding hydrogens is 224 g/mol. The summed E-state index contributed by atoms with van der Waals surface area (Å²) in [6, 6.07) is 7.98. The molecule has 0 heterocycles. The fourth-order valence-corrected chi connectivity index (χ4v) is 1.69. The maximum atomic E-state index is 5.74. The van der Waals surface area contributed by atoms with E-state index in [0.29, 0.717) is 0 Å². The van der Waals surface area contributed by atoms with Gasteiger partial charge in [-0.25, -0.2) is 0 Å². The van der Waals surface area contributed by atoms with E-state index < -0.39 is 0 Å². The Bertz CT molecular complexity index is 334. The maximum Gasteiger partial charge on any atom is 0.126 e. The quantitative estimate of drug-likeness (QED) is 0.575. The number of hydrogen-bond donors (Lipinski definition) is 0. The van der Waals surface area contributed by atoms with Crippen LogP contribution in [0.5, 0.6) is 5.75 Å². The Morgan fingerprint density at radius 3 is 2.61 bits per heavy atom. The third-order valence-electron chi connectivity index (χ3n) is 2.68. The van der Waals surface area contributed by atoms with Gasteiger partial charge in [-0.2, -0.15) is 0 Å². The van der Waals surface area contributed by atoms with Crippen LogP contribution in [0.25, 0.3) is 6.08 Å². The highest BCUT2D eigenvalue weighted by Crippen LogP contribution is 2.19. The molecule has 0 radical (unpaired) electrons. The summed E-state index contributed by atoms with van der Waals surface area (Å²) in [7, 11) is 0. The summed E-state index contributed by atoms with van der Waals surface area (Å²) in [5, 5.41) is 0. The third-order valence-corrected chi connectivity index (χ3v) is 2.68. The molecule has 100 valence electrons. The van der Waals surface area contributed by atoms with Crippen LogP contribution in [0.2, 0.25) is 0 Å². The minimum absolute atomic E-state index is 0.763. The van der Waals surface area contributed by atoms with Crippen molar-refractivity contribution in [1.29, 1.82) is 0 Å². The van der Waals surface area contributed by atoms with Gasteiger partial charge < -0.3 is 9.47 Å². The molecule has 18 heavy (non-hydrogen) atoms. The number of hydrogen-bond acceptors (Lipinski definition) is 2. The highest BCUT2D eigenvalue weighted by Gasteiger charge is 1.98. The van der Waals surface area contributed by atoms with Gasteiger partial charge in [-0.3, -0.25) is 0 Å². The van der Waals surface area contributed by atoms with Crippen LogP contribution in [0.15, 0.2) is 30.8 Å². The third kappa shape index (κ3) is 5.87. The molecule has 1 aromatic carbocycles. The van der Waals surface area contributed by atoms with Gasteiger partial charge in [0.15, 0.2) is 0 Å². The Morgan fingerprint density at radius 1 is 1.06 bits per heavy atom. The van der Waals surface area contributed by atoms with E-state index in [9.17, 15) is 0 Å². The van der Waals surface area contributed by atoms with E-state index >= 15 is 0 Å². The molecular formula is C16H24O2. The topological polar surface area (TPSA) is 18.5 Å². The molecule has 1 aromatic rings. The van der Waals surface area contributed by atoms with E-state index in [1.54, 1.807) is 0 Å². The average molecular weight is 248 g/mol. The van der Waals surface area contributed by atoms with E-state index in [1.165, 1.54) is 0 Å². The zero-order valence-electron chi connectivity index (χ0n) is 11.4. The van der Waals surface area contributed by atoms with E-state index in [-0.39, 0.29) is 0 Å². The van der Waals surface area contributed by atoms with Gasteiger partial charge in [0.05, 0.1) is 6.61 Å². The van der Waals surface area contributed by atoms with Gasteiger partial charge in [-0.1, -0.05) is 37.8 Å². The molecule has 2 nitrogen and oxygen atoms in total. The summed E-state index contributed by atoms with van der Waals surface area (Å²) < 4.78 is 11.2. The van der Waals surface area contributed by atoms with Crippen LogP contribution in [0, 0.1) is 0 Å². The summed E-state index contributed by atoms with van der Waals surface area (Å²) in [5.74, 6) is 0.926. The number of para-hydroxylation sites is 1. The van der Waals surface area contributed by atoms with Gasteiger partial charge in [-0.15, -0.1) is 0 Å². The van der Waals surface area contributed by atoms with Crippen molar-refractivity contribution >= 4 is 6.08 Å². The first kappa shape index (κ1) is 14.8. The molecule has 0 unspecified atom stereocenters. The molecule has 0 aliphatic carbocycles. The smallest absolute Gasteiger partial charge is 0.126 e. The van der Waals surface area contributed by atoms with Crippen molar-refractivity contribution < 1.29 is 9.47 Å². The van der Waals surface area contributed by atoms with Gasteiger partial charge in [-0.05, 0) is 31.7 Å². The van der Waals surface area contributed by atoms with Gasteiger partial charge in [0.1, 0.15) is 5.75 Å². The SMILES string of the molecule is C=Cc1ccccc1OCCCCCOCCC. The van der Waals surface area contributed by atoms with Crippen LogP contribution in [0.4, 0.5) is 0 Å². The Morgan fingerprint density at radius 2 is 1.83 bits per heavy atom. The van der Waals surface area contributed by atoms with Gasteiger partial charge >= 0.3 is 0 Å². The number of benzene rings is 1. The predicted octanol–water partition coefficient (Wildman–Crippen LogP) is 4.31. The lowest BCUT2D eigenvalue weighted by Gasteiger charge is -2.08. The second-order valence-corrected chi connectivity index (χ2v) is 4.26. The Labute approximate surface area is 111 Å². The predicted molar refractivity (Wildman–Crippen MR) is 77.0 cm³/mol. The minimum Gasteiger partial charge on any atom is -0.493 e. The van der Waals surface area contributed by atoms with Crippen molar-refractivity contribution in [2.75, 3.05) is 19.8 Å². The lowest BCUT2D eigenvalue weighted by Crippen LogP contribution is -2.00. The van der Waals surface area contributed by atoms with Crippen molar-refractivity contribution in [2.45, 2.75) is 32.6 Å². The second-order valence-electron chi connectivity index (χ2n) is 4.26. The van der Waals surface area contributed by atoms with Crippen LogP contribution in [-0.2, 0) is 4.74 Å². The van der Waals surface area contributed by atoms with Gasteiger partial charge in [0, 0.05) is 18.8 Å². The highest BCUT2D eigenvalue weighted by molar-refractivity contribution is 5.55. The molecule has 0 spiro atoms. The van der Waals surface area contributed by atoms with E-state index in [0.717, 1.165) is 56.8 Å². The Hall–Kier alpha value is -1.28. The van der Waals surface area contributed by atoms with Crippen molar-refractivity contribution in [3.05, 3.63) is 36.4 Å². The minimum atomic E-state index is 0.763. The van der Waals surface area contributed by atoms with Crippen molar-refractivity contribution in [3.8, 4) is 5.75 Å². The van der Waals surface area contributed by atoms with Crippen molar-refractivity contribution in [3.63, 3.8) is 0 Å². The van der Waals surface area contributed by atoms with Crippen molar-refractivity contribution in [1.82, 2.24) is 0 Å². The van der Waals surface area contributed by atoms with Crippen molar-refractivity contribution in [2.24, 2.45) is 0 Å². The molecule has 0 atom stereocenters. The number of ether oxygens (including phenoxy) is 2. The summed E-state index contributed by atoms with van der Waals surface area (Å²) in [4.78, 5) is 0. The van der Waals surface area contributed by atoms with Crippen LogP contribution in [0.1, 0.15) is 38.2 Å². The summed E-state index contributed by atoms with van der Waals surface area (Å²) in [6.07, 6.45) is 6.27. The van der Waals surface area contributed by atoms with E-state index in [2.05, 4.69) is 13.5 Å². The molecule has 0 saturated carbocycles. The normalized spacial score (nSPS) is 10.3. The fraction of sp³-hybridized carbons (Fsp3) is 0.500. The summed E-state index contributed by atoms with van der Waals surface area (Å²) >= 11 is 0. The number of rotatable bonds is 10. The zero-order chi connectivity index (χ0) is 13.1. The molecule has 0 saturated heterocycles. The molecule has 0 aliphatic rings. The fourth-order valence-electron chi connectivity index (χ4n) is 1.69. The van der Waals surface area contributed by atoms with E-state index in [1.807, 2.05) is 30.3 Å². The molecule has 0 fully saturated rings. The lowest BCUT2D eigenvalue weighted by molar-refractivity contribution is 0.129. The highest BCUT2D eigenvalue weighted by atomic mass is 16.5. The van der Waals surface area contributed by atoms with Crippen LogP contribution < -0.4 is 4.74 Å². The van der Waals surface area contributed by atoms with E-state index in [4.69, 9.17) is 9.47 Å². The average Bonchev–Trinajstić information content (AvgIpc) is 2.42. The first-order chi connectivity index (χ1) is 8.88. The first-order valence-corrected chi connectivity index (χ1v) is 6.80. The van der Waals surface area contributed by atoms with Crippen LogP contribution >= 0.6 is 0 Å². The van der Waals surface area contributed by atoms with Gasteiger partial charge in [0.25, 0.3) is 0 Å². The first-order valence-electron chi connectivity index (χ1n) is 6.80. The lowest BCUT2D eigenvalue weighted by atomic mass is 10.2. The summed E-state index contributed by atoms with van der Waals surface area (Å²) in [6.45, 7) is 8.42.